The molecule has 116 valence electrons. The standard InChI is InChI=1S/C16H30N2O2/c1-16(2,14-7-9-18-10-8-14)20-15(19)13-5-3-12(11-17)4-6-13/h12-14,18H,3-11,17H2,1-2H3/p+1. The minimum atomic E-state index is -0.309. The van der Waals surface area contributed by atoms with Crippen molar-refractivity contribution in [1.82, 2.24) is 0 Å². The number of hydrogen-bond donors (Lipinski definition) is 2. The van der Waals surface area contributed by atoms with E-state index < -0.39 is 0 Å². The van der Waals surface area contributed by atoms with Crippen molar-refractivity contribution in [3.8, 4) is 0 Å². The van der Waals surface area contributed by atoms with Gasteiger partial charge in [-0.1, -0.05) is 0 Å². The number of esters is 1. The summed E-state index contributed by atoms with van der Waals surface area (Å²) in [6.45, 7) is 7.26. The molecule has 0 amide bonds. The summed E-state index contributed by atoms with van der Waals surface area (Å²) in [5, 5.41) is 2.35. The van der Waals surface area contributed by atoms with Crippen molar-refractivity contribution in [2.45, 2.75) is 58.0 Å². The zero-order chi connectivity index (χ0) is 14.6. The molecule has 1 heterocycles. The van der Waals surface area contributed by atoms with E-state index in [-0.39, 0.29) is 17.5 Å². The zero-order valence-electron chi connectivity index (χ0n) is 13.1. The Labute approximate surface area is 122 Å². The molecule has 0 aromatic carbocycles. The normalized spacial score (nSPS) is 29.1. The molecule has 2 aliphatic rings. The first-order valence-corrected chi connectivity index (χ1v) is 8.27. The van der Waals surface area contributed by atoms with E-state index in [0.29, 0.717) is 11.8 Å². The lowest BCUT2D eigenvalue weighted by molar-refractivity contribution is -0.665. The highest BCUT2D eigenvalue weighted by atomic mass is 16.6. The van der Waals surface area contributed by atoms with Crippen LogP contribution in [0.4, 0.5) is 0 Å². The molecule has 20 heavy (non-hydrogen) atoms. The van der Waals surface area contributed by atoms with Crippen molar-refractivity contribution in [2.75, 3.05) is 19.6 Å². The summed E-state index contributed by atoms with van der Waals surface area (Å²) < 4.78 is 5.90. The Morgan fingerprint density at radius 3 is 2.30 bits per heavy atom. The number of rotatable bonds is 4. The number of piperidine rings is 1. The molecule has 1 aliphatic heterocycles. The van der Waals surface area contributed by atoms with Gasteiger partial charge in [0.15, 0.2) is 0 Å². The average Bonchev–Trinajstić information content (AvgIpc) is 2.48. The SMILES string of the molecule is CC(C)(OC(=O)C1CCC(CN)CC1)C1CC[NH2+]CC1. The highest BCUT2D eigenvalue weighted by Crippen LogP contribution is 2.33. The lowest BCUT2D eigenvalue weighted by Crippen LogP contribution is -2.86. The predicted octanol–water partition coefficient (Wildman–Crippen LogP) is 1.05. The largest absolute Gasteiger partial charge is 0.459 e. The first-order valence-electron chi connectivity index (χ1n) is 8.27. The van der Waals surface area contributed by atoms with Gasteiger partial charge in [-0.3, -0.25) is 4.79 Å². The number of quaternary nitrogens is 1. The Morgan fingerprint density at radius 2 is 1.75 bits per heavy atom. The lowest BCUT2D eigenvalue weighted by Gasteiger charge is -2.37. The summed E-state index contributed by atoms with van der Waals surface area (Å²) in [6, 6.07) is 0. The fraction of sp³-hybridized carbons (Fsp3) is 0.938. The van der Waals surface area contributed by atoms with E-state index >= 15 is 0 Å². The monoisotopic (exact) mass is 283 g/mol. The van der Waals surface area contributed by atoms with Crippen LogP contribution in [0.3, 0.4) is 0 Å². The Kier molecular flexibility index (Phi) is 5.44. The fourth-order valence-electron chi connectivity index (χ4n) is 3.68. The first-order chi connectivity index (χ1) is 9.53. The third-order valence-corrected chi connectivity index (χ3v) is 5.30. The van der Waals surface area contributed by atoms with Crippen LogP contribution in [0.2, 0.25) is 0 Å². The van der Waals surface area contributed by atoms with Crippen molar-refractivity contribution < 1.29 is 14.8 Å². The third-order valence-electron chi connectivity index (χ3n) is 5.30. The molecule has 2 fully saturated rings. The van der Waals surface area contributed by atoms with Crippen molar-refractivity contribution in [3.63, 3.8) is 0 Å². The summed E-state index contributed by atoms with van der Waals surface area (Å²) >= 11 is 0. The van der Waals surface area contributed by atoms with Crippen LogP contribution < -0.4 is 11.1 Å². The van der Waals surface area contributed by atoms with Crippen LogP contribution in [0.5, 0.6) is 0 Å². The molecule has 0 aromatic heterocycles. The second-order valence-electron chi connectivity index (χ2n) is 7.12. The molecule has 0 spiro atoms. The maximum absolute atomic E-state index is 12.4. The minimum absolute atomic E-state index is 0.0278. The van der Waals surface area contributed by atoms with Gasteiger partial charge in [0.05, 0.1) is 19.0 Å². The molecule has 0 atom stereocenters. The van der Waals surface area contributed by atoms with Crippen LogP contribution in [-0.2, 0) is 9.53 Å². The quantitative estimate of drug-likeness (QED) is 0.758. The summed E-state index contributed by atoms with van der Waals surface area (Å²) in [7, 11) is 0. The molecule has 2 rings (SSSR count). The summed E-state index contributed by atoms with van der Waals surface area (Å²) in [6.07, 6.45) is 6.37. The van der Waals surface area contributed by atoms with Gasteiger partial charge in [0.2, 0.25) is 0 Å². The summed E-state index contributed by atoms with van der Waals surface area (Å²) in [5.41, 5.74) is 5.40. The number of ether oxygens (including phenoxy) is 1. The topological polar surface area (TPSA) is 68.9 Å². The molecule has 1 aliphatic carbocycles. The van der Waals surface area contributed by atoms with Crippen molar-refractivity contribution in [2.24, 2.45) is 23.5 Å². The van der Waals surface area contributed by atoms with Crippen molar-refractivity contribution in [1.29, 1.82) is 0 Å². The van der Waals surface area contributed by atoms with Gasteiger partial charge in [-0.05, 0) is 52.0 Å². The molecule has 1 saturated heterocycles. The van der Waals surface area contributed by atoms with Gasteiger partial charge in [-0.2, -0.15) is 0 Å². The van der Waals surface area contributed by atoms with E-state index in [4.69, 9.17) is 10.5 Å². The fourth-order valence-corrected chi connectivity index (χ4v) is 3.68. The first kappa shape index (κ1) is 15.8. The van der Waals surface area contributed by atoms with Crippen LogP contribution in [0.25, 0.3) is 0 Å². The van der Waals surface area contributed by atoms with E-state index in [1.165, 1.54) is 0 Å². The molecule has 0 bridgehead atoms. The highest BCUT2D eigenvalue weighted by molar-refractivity contribution is 5.73. The van der Waals surface area contributed by atoms with Crippen LogP contribution in [0.1, 0.15) is 52.4 Å². The van der Waals surface area contributed by atoms with Gasteiger partial charge in [-0.25, -0.2) is 0 Å². The van der Waals surface area contributed by atoms with Gasteiger partial charge in [0.1, 0.15) is 5.60 Å². The van der Waals surface area contributed by atoms with Gasteiger partial charge in [-0.15, -0.1) is 0 Å². The molecular weight excluding hydrogens is 252 g/mol. The van der Waals surface area contributed by atoms with Gasteiger partial charge in [0.25, 0.3) is 0 Å². The molecule has 1 saturated carbocycles. The van der Waals surface area contributed by atoms with E-state index in [0.717, 1.165) is 58.2 Å². The Balaban J connectivity index is 1.83. The lowest BCUT2D eigenvalue weighted by atomic mass is 9.81. The second-order valence-corrected chi connectivity index (χ2v) is 7.12. The van der Waals surface area contributed by atoms with Crippen LogP contribution in [0.15, 0.2) is 0 Å². The summed E-state index contributed by atoms with van der Waals surface area (Å²) in [5.74, 6) is 1.25. The molecule has 4 N–H and O–H groups in total. The number of carbonyl (C=O) groups excluding carboxylic acids is 1. The Morgan fingerprint density at radius 1 is 1.15 bits per heavy atom. The third kappa shape index (κ3) is 3.95. The smallest absolute Gasteiger partial charge is 0.309 e. The Hall–Kier alpha value is -0.610. The number of hydrogen-bond acceptors (Lipinski definition) is 3. The van der Waals surface area contributed by atoms with Gasteiger partial charge in [0, 0.05) is 18.8 Å². The molecule has 0 unspecified atom stereocenters. The van der Waals surface area contributed by atoms with Crippen LogP contribution in [0, 0.1) is 17.8 Å². The molecule has 0 aromatic rings. The van der Waals surface area contributed by atoms with E-state index in [1.807, 2.05) is 0 Å². The summed E-state index contributed by atoms with van der Waals surface area (Å²) in [4.78, 5) is 12.4. The Bertz CT molecular complexity index is 316. The molecule has 0 radical (unpaired) electrons. The van der Waals surface area contributed by atoms with E-state index in [1.54, 1.807) is 0 Å². The molecular formula is C16H31N2O2+. The maximum Gasteiger partial charge on any atom is 0.309 e. The molecule has 4 heteroatoms. The van der Waals surface area contributed by atoms with Crippen LogP contribution in [-0.4, -0.2) is 31.2 Å². The van der Waals surface area contributed by atoms with Crippen molar-refractivity contribution in [3.05, 3.63) is 0 Å². The maximum atomic E-state index is 12.4. The average molecular weight is 283 g/mol. The number of nitrogens with two attached hydrogens (primary N) is 2. The van der Waals surface area contributed by atoms with Gasteiger partial charge < -0.3 is 15.8 Å². The highest BCUT2D eigenvalue weighted by Gasteiger charge is 2.37. The molecule has 4 nitrogen and oxygen atoms in total. The van der Waals surface area contributed by atoms with Crippen LogP contribution >= 0.6 is 0 Å². The van der Waals surface area contributed by atoms with Gasteiger partial charge >= 0.3 is 5.97 Å². The van der Waals surface area contributed by atoms with Crippen molar-refractivity contribution >= 4 is 5.97 Å². The minimum Gasteiger partial charge on any atom is -0.459 e. The van der Waals surface area contributed by atoms with E-state index in [2.05, 4.69) is 19.2 Å². The zero-order valence-corrected chi connectivity index (χ0v) is 13.1. The predicted molar refractivity (Wildman–Crippen MR) is 79.1 cm³/mol. The van der Waals surface area contributed by atoms with E-state index in [9.17, 15) is 4.79 Å². The number of carbonyl (C=O) groups is 1. The second kappa shape index (κ2) is 6.90.